The van der Waals surface area contributed by atoms with E-state index >= 15 is 0 Å². The molecule has 0 aromatic carbocycles. The largest absolute Gasteiger partial charge is 0.390 e. The van der Waals surface area contributed by atoms with Crippen molar-refractivity contribution in [2.24, 2.45) is 0 Å². The van der Waals surface area contributed by atoms with Crippen LogP contribution in [-0.4, -0.2) is 42.8 Å². The third-order valence-electron chi connectivity index (χ3n) is 5.46. The van der Waals surface area contributed by atoms with Crippen molar-refractivity contribution < 1.29 is 5.11 Å². The number of nitrogens with zero attached hydrogens (tertiary/aromatic N) is 2. The zero-order chi connectivity index (χ0) is 20.4. The lowest BCUT2D eigenvalue weighted by atomic mass is 9.93. The van der Waals surface area contributed by atoms with Crippen LogP contribution in [-0.2, 0) is 19.4 Å². The molecule has 0 radical (unpaired) electrons. The maximum atomic E-state index is 12.1. The zero-order valence-corrected chi connectivity index (χ0v) is 16.9. The van der Waals surface area contributed by atoms with Gasteiger partial charge in [-0.2, -0.15) is 0 Å². The number of aliphatic hydroxyl groups excluding tert-OH is 1. The van der Waals surface area contributed by atoms with Crippen LogP contribution in [0.3, 0.4) is 0 Å². The smallest absolute Gasteiger partial charge is 0.273 e. The van der Waals surface area contributed by atoms with Crippen LogP contribution in [0.4, 0.5) is 0 Å². The number of aromatic amines is 3. The minimum Gasteiger partial charge on any atom is -0.390 e. The molecular weight excluding hydrogens is 368 g/mol. The maximum absolute atomic E-state index is 12.1. The molecule has 0 unspecified atom stereocenters. The number of H-pyrrole nitrogens is 3. The van der Waals surface area contributed by atoms with Gasteiger partial charge in [-0.15, -0.1) is 0 Å². The highest BCUT2D eigenvalue weighted by atomic mass is 16.3. The molecule has 8 nitrogen and oxygen atoms in total. The van der Waals surface area contributed by atoms with Gasteiger partial charge in [0.15, 0.2) is 0 Å². The fourth-order valence-electron chi connectivity index (χ4n) is 3.99. The quantitative estimate of drug-likeness (QED) is 0.379. The Balaban J connectivity index is 1.67. The van der Waals surface area contributed by atoms with Crippen molar-refractivity contribution in [3.63, 3.8) is 0 Å². The standard InChI is InChI=1S/C21H28N6O2/c1-12(2)19-14(5-6-22-13-3-4-13)18(11-28)26-16(19)9-17-20(24-8-7-23-17)15-10-25-27-21(15)29/h7-8,10,12-13,22,26,28H,3-6,9,11H2,1-2H3,(H2,25,27,29). The van der Waals surface area contributed by atoms with Crippen LogP contribution in [0, 0.1) is 0 Å². The molecule has 0 amide bonds. The molecule has 5 N–H and O–H groups in total. The van der Waals surface area contributed by atoms with Crippen LogP contribution in [0.2, 0.25) is 0 Å². The molecule has 8 heteroatoms. The molecule has 29 heavy (non-hydrogen) atoms. The number of hydrogen-bond donors (Lipinski definition) is 5. The van der Waals surface area contributed by atoms with Gasteiger partial charge < -0.3 is 20.5 Å². The number of aromatic nitrogens is 5. The van der Waals surface area contributed by atoms with Gasteiger partial charge in [-0.1, -0.05) is 13.8 Å². The van der Waals surface area contributed by atoms with Gasteiger partial charge in [-0.05, 0) is 42.9 Å². The molecule has 3 aromatic heterocycles. The Hall–Kier alpha value is -2.71. The Bertz CT molecular complexity index is 1030. The first-order valence-electron chi connectivity index (χ1n) is 10.2. The van der Waals surface area contributed by atoms with E-state index in [0.29, 0.717) is 29.6 Å². The van der Waals surface area contributed by atoms with Gasteiger partial charge in [0, 0.05) is 42.4 Å². The first kappa shape index (κ1) is 19.6. The molecule has 0 aliphatic heterocycles. The first-order chi connectivity index (χ1) is 14.1. The number of aliphatic hydroxyl groups is 1. The summed E-state index contributed by atoms with van der Waals surface area (Å²) in [6.07, 6.45) is 8.77. The van der Waals surface area contributed by atoms with Crippen molar-refractivity contribution >= 4 is 0 Å². The van der Waals surface area contributed by atoms with Gasteiger partial charge in [-0.3, -0.25) is 19.9 Å². The number of hydrogen-bond acceptors (Lipinski definition) is 5. The average Bonchev–Trinajstić information content (AvgIpc) is 3.32. The van der Waals surface area contributed by atoms with E-state index in [1.807, 2.05) is 0 Å². The summed E-state index contributed by atoms with van der Waals surface area (Å²) in [5.74, 6) is 0.299. The average molecular weight is 396 g/mol. The lowest BCUT2D eigenvalue weighted by Crippen LogP contribution is -2.20. The molecule has 0 spiro atoms. The Morgan fingerprint density at radius 2 is 2.03 bits per heavy atom. The minimum absolute atomic E-state index is 0.0245. The van der Waals surface area contributed by atoms with Crippen LogP contribution in [0.15, 0.2) is 23.4 Å². The maximum Gasteiger partial charge on any atom is 0.273 e. The summed E-state index contributed by atoms with van der Waals surface area (Å²) in [5, 5.41) is 18.8. The van der Waals surface area contributed by atoms with Gasteiger partial charge in [0.05, 0.1) is 23.6 Å². The predicted molar refractivity (Wildman–Crippen MR) is 111 cm³/mol. The van der Waals surface area contributed by atoms with Gasteiger partial charge >= 0.3 is 0 Å². The van der Waals surface area contributed by atoms with E-state index in [1.54, 1.807) is 18.6 Å². The second kappa shape index (κ2) is 8.34. The van der Waals surface area contributed by atoms with Crippen LogP contribution in [0.5, 0.6) is 0 Å². The van der Waals surface area contributed by atoms with E-state index in [2.05, 4.69) is 44.3 Å². The Kier molecular flexibility index (Phi) is 5.64. The Labute approximate surface area is 169 Å². The molecule has 1 fully saturated rings. The van der Waals surface area contributed by atoms with Crippen molar-refractivity contribution in [1.82, 2.24) is 30.5 Å². The first-order valence-corrected chi connectivity index (χ1v) is 10.2. The highest BCUT2D eigenvalue weighted by molar-refractivity contribution is 5.60. The van der Waals surface area contributed by atoms with E-state index in [4.69, 9.17) is 0 Å². The third kappa shape index (κ3) is 4.18. The van der Waals surface area contributed by atoms with Gasteiger partial charge in [0.1, 0.15) is 0 Å². The molecule has 154 valence electrons. The minimum atomic E-state index is -0.217. The monoisotopic (exact) mass is 396 g/mol. The molecule has 0 atom stereocenters. The van der Waals surface area contributed by atoms with E-state index in [9.17, 15) is 9.90 Å². The SMILES string of the molecule is CC(C)c1c(Cc2nccnc2-c2c[nH][nH]c2=O)[nH]c(CO)c1CCNC1CC1. The fourth-order valence-corrected chi connectivity index (χ4v) is 3.99. The molecule has 4 rings (SSSR count). The van der Waals surface area contributed by atoms with E-state index in [0.717, 1.165) is 30.0 Å². The second-order valence-corrected chi connectivity index (χ2v) is 7.95. The lowest BCUT2D eigenvalue weighted by Gasteiger charge is -2.13. The van der Waals surface area contributed by atoms with E-state index < -0.39 is 0 Å². The summed E-state index contributed by atoms with van der Waals surface area (Å²) in [7, 11) is 0. The van der Waals surface area contributed by atoms with Crippen molar-refractivity contribution in [3.8, 4) is 11.3 Å². The van der Waals surface area contributed by atoms with Gasteiger partial charge in [-0.25, -0.2) is 0 Å². The lowest BCUT2D eigenvalue weighted by molar-refractivity contribution is 0.276. The summed E-state index contributed by atoms with van der Waals surface area (Å²) in [5.41, 5.74) is 5.87. The second-order valence-electron chi connectivity index (χ2n) is 7.95. The fraction of sp³-hybridized carbons (Fsp3) is 0.476. The van der Waals surface area contributed by atoms with E-state index in [-0.39, 0.29) is 12.2 Å². The highest BCUT2D eigenvalue weighted by Crippen LogP contribution is 2.30. The van der Waals surface area contributed by atoms with Crippen LogP contribution in [0.1, 0.15) is 60.8 Å². The molecule has 0 bridgehead atoms. The van der Waals surface area contributed by atoms with Gasteiger partial charge in [0.25, 0.3) is 5.56 Å². The molecule has 1 aliphatic carbocycles. The Morgan fingerprint density at radius 1 is 1.24 bits per heavy atom. The number of rotatable bonds is 9. The van der Waals surface area contributed by atoms with E-state index in [1.165, 1.54) is 24.0 Å². The van der Waals surface area contributed by atoms with Crippen molar-refractivity contribution in [2.75, 3.05) is 6.54 Å². The molecule has 3 aromatic rings. The molecular formula is C21H28N6O2. The van der Waals surface area contributed by atoms with Crippen molar-refractivity contribution in [2.45, 2.75) is 58.1 Å². The normalized spacial score (nSPS) is 14.1. The van der Waals surface area contributed by atoms with Crippen molar-refractivity contribution in [3.05, 3.63) is 57.2 Å². The topological polar surface area (TPSA) is 122 Å². The highest BCUT2D eigenvalue weighted by Gasteiger charge is 2.23. The zero-order valence-electron chi connectivity index (χ0n) is 16.9. The summed E-state index contributed by atoms with van der Waals surface area (Å²) in [6, 6.07) is 0.662. The molecule has 1 aliphatic rings. The number of nitrogens with one attached hydrogen (secondary N) is 4. The van der Waals surface area contributed by atoms with Gasteiger partial charge in [0.2, 0.25) is 0 Å². The van der Waals surface area contributed by atoms with Crippen LogP contribution < -0.4 is 10.9 Å². The van der Waals surface area contributed by atoms with Crippen LogP contribution >= 0.6 is 0 Å². The summed E-state index contributed by atoms with van der Waals surface area (Å²) in [6.45, 7) is 5.22. The summed E-state index contributed by atoms with van der Waals surface area (Å²) < 4.78 is 0. The summed E-state index contributed by atoms with van der Waals surface area (Å²) in [4.78, 5) is 24.4. The molecule has 0 saturated heterocycles. The Morgan fingerprint density at radius 3 is 2.69 bits per heavy atom. The molecule has 3 heterocycles. The van der Waals surface area contributed by atoms with Crippen molar-refractivity contribution in [1.29, 1.82) is 0 Å². The molecule has 1 saturated carbocycles. The predicted octanol–water partition coefficient (Wildman–Crippen LogP) is 1.99. The third-order valence-corrected chi connectivity index (χ3v) is 5.46. The van der Waals surface area contributed by atoms with Crippen LogP contribution in [0.25, 0.3) is 11.3 Å². The summed E-state index contributed by atoms with van der Waals surface area (Å²) >= 11 is 0.